The van der Waals surface area contributed by atoms with Crippen molar-refractivity contribution in [2.24, 2.45) is 5.41 Å². The number of fused-ring (bicyclic) bond motifs is 3. The Balaban J connectivity index is 1.46. The molecule has 10 heteroatoms. The van der Waals surface area contributed by atoms with E-state index in [1.807, 2.05) is 23.1 Å². The van der Waals surface area contributed by atoms with Crippen LogP contribution in [-0.4, -0.2) is 30.4 Å². The molecule has 0 spiro atoms. The summed E-state index contributed by atoms with van der Waals surface area (Å²) < 4.78 is 40.9. The third-order valence-corrected chi connectivity index (χ3v) is 6.13. The van der Waals surface area contributed by atoms with Crippen molar-refractivity contribution in [3.05, 3.63) is 52.5 Å². The quantitative estimate of drug-likeness (QED) is 0.683. The molecule has 1 N–H and O–H groups in total. The number of carbonyl (C=O) groups is 1. The first-order valence-electron chi connectivity index (χ1n) is 10.1. The van der Waals surface area contributed by atoms with Gasteiger partial charge < -0.3 is 10.2 Å². The number of carbonyl (C=O) groups excluding carboxylic acids is 1. The standard InChI is InChI=1S/C21H21F3N6O/c1-12-27-28-19-26-17(25-9-13-4-3-5-14(8-13)21(22,23)24)15-10-29(11-16(15)30(12)19)18(31)20(2)6-7-20/h3-5,8H,6-7,9-11H2,1-2H3,(H,25,26,28). The monoisotopic (exact) mass is 430 g/mol. The molecule has 3 heterocycles. The van der Waals surface area contributed by atoms with Crippen LogP contribution in [0.5, 0.6) is 0 Å². The number of rotatable bonds is 4. The summed E-state index contributed by atoms with van der Waals surface area (Å²) in [5.41, 5.74) is 1.24. The molecule has 1 aliphatic heterocycles. The third-order valence-electron chi connectivity index (χ3n) is 6.13. The fourth-order valence-electron chi connectivity index (χ4n) is 4.05. The lowest BCUT2D eigenvalue weighted by molar-refractivity contribution is -0.138. The second kappa shape index (κ2) is 6.66. The van der Waals surface area contributed by atoms with Gasteiger partial charge in [0.1, 0.15) is 11.6 Å². The number of alkyl halides is 3. The molecule has 0 saturated heterocycles. The fourth-order valence-corrected chi connectivity index (χ4v) is 4.05. The molecule has 1 saturated carbocycles. The van der Waals surface area contributed by atoms with Crippen LogP contribution in [0, 0.1) is 12.3 Å². The van der Waals surface area contributed by atoms with Gasteiger partial charge in [-0.05, 0) is 37.5 Å². The number of benzene rings is 1. The lowest BCUT2D eigenvalue weighted by Crippen LogP contribution is -2.31. The Kier molecular flexibility index (Phi) is 4.25. The predicted octanol–water partition coefficient (Wildman–Crippen LogP) is 3.71. The summed E-state index contributed by atoms with van der Waals surface area (Å²) in [5.74, 6) is 1.71. The first kappa shape index (κ1) is 19.8. The molecular formula is C21H21F3N6O. The molecule has 2 aliphatic rings. The van der Waals surface area contributed by atoms with Crippen molar-refractivity contribution in [3.63, 3.8) is 0 Å². The summed E-state index contributed by atoms with van der Waals surface area (Å²) >= 11 is 0. The summed E-state index contributed by atoms with van der Waals surface area (Å²) in [6.07, 6.45) is -2.62. The molecule has 1 fully saturated rings. The smallest absolute Gasteiger partial charge is 0.366 e. The molecular weight excluding hydrogens is 409 g/mol. The van der Waals surface area contributed by atoms with Crippen LogP contribution in [-0.2, 0) is 30.6 Å². The zero-order valence-electron chi connectivity index (χ0n) is 17.1. The summed E-state index contributed by atoms with van der Waals surface area (Å²) in [6, 6.07) is 5.19. The topological polar surface area (TPSA) is 75.4 Å². The average Bonchev–Trinajstić information content (AvgIpc) is 3.16. The summed E-state index contributed by atoms with van der Waals surface area (Å²) in [5, 5.41) is 11.4. The second-order valence-corrected chi connectivity index (χ2v) is 8.54. The van der Waals surface area contributed by atoms with E-state index in [4.69, 9.17) is 0 Å². The van der Waals surface area contributed by atoms with E-state index >= 15 is 0 Å². The van der Waals surface area contributed by atoms with E-state index in [1.165, 1.54) is 6.07 Å². The van der Waals surface area contributed by atoms with E-state index in [0.717, 1.165) is 36.2 Å². The van der Waals surface area contributed by atoms with Crippen LogP contribution >= 0.6 is 0 Å². The van der Waals surface area contributed by atoms with Crippen molar-refractivity contribution in [3.8, 4) is 0 Å². The number of halogens is 3. The van der Waals surface area contributed by atoms with Gasteiger partial charge in [-0.1, -0.05) is 19.1 Å². The summed E-state index contributed by atoms with van der Waals surface area (Å²) in [6.45, 7) is 4.79. The Bertz CT molecular complexity index is 1200. The maximum Gasteiger partial charge on any atom is 0.416 e. The molecule has 5 rings (SSSR count). The van der Waals surface area contributed by atoms with Gasteiger partial charge in [-0.3, -0.25) is 9.20 Å². The van der Waals surface area contributed by atoms with Gasteiger partial charge in [0.05, 0.1) is 24.3 Å². The molecule has 0 atom stereocenters. The number of hydrogen-bond donors (Lipinski definition) is 1. The molecule has 0 radical (unpaired) electrons. The molecule has 162 valence electrons. The summed E-state index contributed by atoms with van der Waals surface area (Å²) in [7, 11) is 0. The van der Waals surface area contributed by atoms with E-state index in [2.05, 4.69) is 20.5 Å². The van der Waals surface area contributed by atoms with Crippen LogP contribution < -0.4 is 5.32 Å². The minimum atomic E-state index is -4.40. The molecule has 1 amide bonds. The zero-order chi connectivity index (χ0) is 22.0. The first-order chi connectivity index (χ1) is 14.7. The van der Waals surface area contributed by atoms with Gasteiger partial charge in [-0.15, -0.1) is 10.2 Å². The normalized spacial score (nSPS) is 17.1. The number of hydrogen-bond acceptors (Lipinski definition) is 5. The number of nitrogens with one attached hydrogen (secondary N) is 1. The molecule has 7 nitrogen and oxygen atoms in total. The molecule has 2 aromatic heterocycles. The van der Waals surface area contributed by atoms with E-state index in [9.17, 15) is 18.0 Å². The van der Waals surface area contributed by atoms with Gasteiger partial charge in [0.25, 0.3) is 5.78 Å². The lowest BCUT2D eigenvalue weighted by Gasteiger charge is -2.19. The third kappa shape index (κ3) is 3.39. The molecule has 31 heavy (non-hydrogen) atoms. The number of aromatic nitrogens is 4. The maximum atomic E-state index is 13.0. The minimum Gasteiger partial charge on any atom is -0.366 e. The van der Waals surface area contributed by atoms with Crippen molar-refractivity contribution >= 4 is 17.5 Å². The highest BCUT2D eigenvalue weighted by atomic mass is 19.4. The van der Waals surface area contributed by atoms with E-state index in [-0.39, 0.29) is 17.9 Å². The van der Waals surface area contributed by atoms with Gasteiger partial charge in [0.15, 0.2) is 0 Å². The zero-order valence-corrected chi connectivity index (χ0v) is 17.1. The van der Waals surface area contributed by atoms with Crippen molar-refractivity contribution in [1.29, 1.82) is 0 Å². The Hall–Kier alpha value is -3.17. The van der Waals surface area contributed by atoms with Crippen LogP contribution in [0.15, 0.2) is 24.3 Å². The van der Waals surface area contributed by atoms with Crippen LogP contribution in [0.4, 0.5) is 19.0 Å². The SMILES string of the molecule is Cc1nnc2nc(NCc3cccc(C(F)(F)F)c3)c3c(n12)CN(C(=O)C1(C)CC1)C3. The summed E-state index contributed by atoms with van der Waals surface area (Å²) in [4.78, 5) is 19.3. The number of aryl methyl sites for hydroxylation is 1. The Morgan fingerprint density at radius 2 is 2.00 bits per heavy atom. The van der Waals surface area contributed by atoms with Gasteiger partial charge >= 0.3 is 6.18 Å². The Labute approximate surface area is 176 Å². The number of anilines is 1. The average molecular weight is 430 g/mol. The number of nitrogens with zero attached hydrogens (tertiary/aromatic N) is 5. The van der Waals surface area contributed by atoms with Gasteiger partial charge in [0, 0.05) is 17.5 Å². The highest BCUT2D eigenvalue weighted by Crippen LogP contribution is 2.48. The van der Waals surface area contributed by atoms with E-state index in [1.54, 1.807) is 6.07 Å². The predicted molar refractivity (Wildman–Crippen MR) is 106 cm³/mol. The molecule has 1 aromatic carbocycles. The van der Waals surface area contributed by atoms with Crippen LogP contribution in [0.2, 0.25) is 0 Å². The molecule has 1 aliphatic carbocycles. The second-order valence-electron chi connectivity index (χ2n) is 8.54. The van der Waals surface area contributed by atoms with Crippen molar-refractivity contribution in [2.45, 2.75) is 52.5 Å². The Morgan fingerprint density at radius 3 is 2.71 bits per heavy atom. The molecule has 0 bridgehead atoms. The number of amides is 1. The van der Waals surface area contributed by atoms with Crippen molar-refractivity contribution in [1.82, 2.24) is 24.5 Å². The largest absolute Gasteiger partial charge is 0.416 e. The van der Waals surface area contributed by atoms with Gasteiger partial charge in [-0.25, -0.2) is 0 Å². The van der Waals surface area contributed by atoms with Crippen molar-refractivity contribution < 1.29 is 18.0 Å². The highest BCUT2D eigenvalue weighted by Gasteiger charge is 2.48. The molecule has 0 unspecified atom stereocenters. The van der Waals surface area contributed by atoms with Crippen LogP contribution in [0.1, 0.15) is 48.0 Å². The van der Waals surface area contributed by atoms with Crippen LogP contribution in [0.3, 0.4) is 0 Å². The fraction of sp³-hybridized carbons (Fsp3) is 0.429. The van der Waals surface area contributed by atoms with E-state index in [0.29, 0.717) is 36.1 Å². The Morgan fingerprint density at radius 1 is 1.23 bits per heavy atom. The van der Waals surface area contributed by atoms with Crippen LogP contribution in [0.25, 0.3) is 5.78 Å². The lowest BCUT2D eigenvalue weighted by atomic mass is 10.1. The molecule has 3 aromatic rings. The minimum absolute atomic E-state index is 0.117. The van der Waals surface area contributed by atoms with E-state index < -0.39 is 11.7 Å². The van der Waals surface area contributed by atoms with Gasteiger partial charge in [0.2, 0.25) is 5.91 Å². The van der Waals surface area contributed by atoms with Crippen molar-refractivity contribution in [2.75, 3.05) is 5.32 Å². The first-order valence-corrected chi connectivity index (χ1v) is 10.1. The maximum absolute atomic E-state index is 13.0. The highest BCUT2D eigenvalue weighted by molar-refractivity contribution is 5.85. The van der Waals surface area contributed by atoms with Gasteiger partial charge in [-0.2, -0.15) is 18.2 Å².